The van der Waals surface area contributed by atoms with Crippen molar-refractivity contribution in [3.63, 3.8) is 0 Å². The highest BCUT2D eigenvalue weighted by Crippen LogP contribution is 2.35. The summed E-state index contributed by atoms with van der Waals surface area (Å²) in [5.41, 5.74) is 0. The molecule has 0 radical (unpaired) electrons. The quantitative estimate of drug-likeness (QED) is 0.787. The van der Waals surface area contributed by atoms with Crippen molar-refractivity contribution in [2.45, 2.75) is 46.0 Å². The molecule has 0 spiro atoms. The summed E-state index contributed by atoms with van der Waals surface area (Å²) in [6.07, 6.45) is 0.614. The fourth-order valence-electron chi connectivity index (χ4n) is 1.91. The van der Waals surface area contributed by atoms with Crippen molar-refractivity contribution in [2.24, 2.45) is 5.92 Å². The zero-order valence-electron chi connectivity index (χ0n) is 12.4. The van der Waals surface area contributed by atoms with Crippen LogP contribution in [0.25, 0.3) is 0 Å². The lowest BCUT2D eigenvalue weighted by atomic mass is 9.90. The fraction of sp³-hybridized carbons (Fsp3) is 0.667. The van der Waals surface area contributed by atoms with Crippen molar-refractivity contribution in [1.29, 1.82) is 0 Å². The van der Waals surface area contributed by atoms with Crippen LogP contribution in [0.5, 0.6) is 0 Å². The molecule has 1 aromatic rings. The molecule has 1 rings (SSSR count). The summed E-state index contributed by atoms with van der Waals surface area (Å²) in [5.74, 6) is 1.62. The van der Waals surface area contributed by atoms with Gasteiger partial charge in [-0.25, -0.2) is 0 Å². The molecule has 2 nitrogen and oxygen atoms in total. The Morgan fingerprint density at radius 1 is 1.17 bits per heavy atom. The zero-order chi connectivity index (χ0) is 13.9. The van der Waals surface area contributed by atoms with Crippen molar-refractivity contribution in [2.75, 3.05) is 14.1 Å². The number of hydrogen-bond acceptors (Lipinski definition) is 2. The minimum atomic E-state index is 0.216. The lowest BCUT2D eigenvalue weighted by Crippen LogP contribution is -2.24. The molecule has 1 unspecified atom stereocenters. The van der Waals surface area contributed by atoms with E-state index in [-0.39, 0.29) is 5.91 Å². The van der Waals surface area contributed by atoms with Crippen molar-refractivity contribution in [3.05, 3.63) is 21.9 Å². The van der Waals surface area contributed by atoms with Gasteiger partial charge in [-0.1, -0.05) is 27.7 Å². The predicted molar refractivity (Wildman–Crippen MR) is 79.3 cm³/mol. The fourth-order valence-corrected chi connectivity index (χ4v) is 3.20. The van der Waals surface area contributed by atoms with Gasteiger partial charge < -0.3 is 4.90 Å². The van der Waals surface area contributed by atoms with Crippen LogP contribution in [-0.2, 0) is 4.79 Å². The molecule has 0 bridgehead atoms. The number of rotatable bonds is 5. The Balaban J connectivity index is 2.87. The van der Waals surface area contributed by atoms with E-state index in [0.717, 1.165) is 0 Å². The Labute approximate surface area is 115 Å². The maximum absolute atomic E-state index is 11.9. The van der Waals surface area contributed by atoms with E-state index < -0.39 is 0 Å². The van der Waals surface area contributed by atoms with Crippen LogP contribution < -0.4 is 0 Å². The molecule has 102 valence electrons. The Kier molecular flexibility index (Phi) is 5.39. The van der Waals surface area contributed by atoms with Crippen LogP contribution in [0, 0.1) is 5.92 Å². The second-order valence-electron chi connectivity index (χ2n) is 5.74. The zero-order valence-corrected chi connectivity index (χ0v) is 13.2. The van der Waals surface area contributed by atoms with Crippen LogP contribution in [0.1, 0.15) is 55.7 Å². The van der Waals surface area contributed by atoms with Crippen molar-refractivity contribution in [1.82, 2.24) is 4.90 Å². The minimum absolute atomic E-state index is 0.216. The number of carbonyl (C=O) groups excluding carboxylic acids is 1. The first-order chi connectivity index (χ1) is 8.32. The molecule has 0 aliphatic rings. The van der Waals surface area contributed by atoms with Crippen LogP contribution >= 0.6 is 11.3 Å². The average Bonchev–Trinajstić information content (AvgIpc) is 2.73. The molecule has 1 heterocycles. The predicted octanol–water partition coefficient (Wildman–Crippen LogP) is 4.09. The standard InChI is InChI=1S/C15H25NOS/c1-10(2)12(9-15(17)16(5)6)14-8-7-13(18-14)11(3)4/h7-8,10-12H,9H2,1-6H3. The largest absolute Gasteiger partial charge is 0.349 e. The molecule has 0 aromatic carbocycles. The van der Waals surface area contributed by atoms with Crippen LogP contribution in [0.4, 0.5) is 0 Å². The lowest BCUT2D eigenvalue weighted by Gasteiger charge is -2.21. The first-order valence-electron chi connectivity index (χ1n) is 6.62. The van der Waals surface area contributed by atoms with Gasteiger partial charge in [-0.3, -0.25) is 4.79 Å². The molecular formula is C15H25NOS. The van der Waals surface area contributed by atoms with Crippen LogP contribution in [0.15, 0.2) is 12.1 Å². The van der Waals surface area contributed by atoms with Gasteiger partial charge in [-0.05, 0) is 24.0 Å². The third-order valence-electron chi connectivity index (χ3n) is 3.28. The summed E-state index contributed by atoms with van der Waals surface area (Å²) in [6, 6.07) is 4.41. The minimum Gasteiger partial charge on any atom is -0.349 e. The Morgan fingerprint density at radius 2 is 1.72 bits per heavy atom. The third-order valence-corrected chi connectivity index (χ3v) is 4.80. The second-order valence-corrected chi connectivity index (χ2v) is 6.88. The number of carbonyl (C=O) groups is 1. The molecule has 1 aromatic heterocycles. The van der Waals surface area contributed by atoms with Gasteiger partial charge in [0.1, 0.15) is 0 Å². The molecule has 1 atom stereocenters. The number of nitrogens with zero attached hydrogens (tertiary/aromatic N) is 1. The normalized spacial score (nSPS) is 13.1. The highest BCUT2D eigenvalue weighted by Gasteiger charge is 2.22. The summed E-state index contributed by atoms with van der Waals surface area (Å²) in [7, 11) is 3.65. The second kappa shape index (κ2) is 6.37. The van der Waals surface area contributed by atoms with Gasteiger partial charge in [0, 0.05) is 36.2 Å². The number of hydrogen-bond donors (Lipinski definition) is 0. The van der Waals surface area contributed by atoms with E-state index in [9.17, 15) is 4.79 Å². The maximum Gasteiger partial charge on any atom is 0.222 e. The molecule has 0 fully saturated rings. The summed E-state index contributed by atoms with van der Waals surface area (Å²) in [5, 5.41) is 0. The highest BCUT2D eigenvalue weighted by molar-refractivity contribution is 7.12. The maximum atomic E-state index is 11.9. The Bertz CT molecular complexity index is 393. The summed E-state index contributed by atoms with van der Waals surface area (Å²) in [6.45, 7) is 8.82. The SMILES string of the molecule is CC(C)c1ccc(C(CC(=O)N(C)C)C(C)C)s1. The molecule has 3 heteroatoms. The molecule has 0 N–H and O–H groups in total. The van der Waals surface area contributed by atoms with Gasteiger partial charge in [0.2, 0.25) is 5.91 Å². The first kappa shape index (κ1) is 15.2. The van der Waals surface area contributed by atoms with E-state index in [1.807, 2.05) is 25.4 Å². The van der Waals surface area contributed by atoms with E-state index in [4.69, 9.17) is 0 Å². The van der Waals surface area contributed by atoms with E-state index in [1.54, 1.807) is 4.90 Å². The third kappa shape index (κ3) is 3.84. The molecular weight excluding hydrogens is 242 g/mol. The number of thiophene rings is 1. The first-order valence-corrected chi connectivity index (χ1v) is 7.44. The molecule has 1 amide bonds. The van der Waals surface area contributed by atoms with E-state index in [1.165, 1.54) is 9.75 Å². The molecule has 18 heavy (non-hydrogen) atoms. The van der Waals surface area contributed by atoms with E-state index in [0.29, 0.717) is 24.2 Å². The molecule has 0 saturated carbocycles. The van der Waals surface area contributed by atoms with Crippen molar-refractivity contribution in [3.8, 4) is 0 Å². The van der Waals surface area contributed by atoms with Crippen LogP contribution in [0.3, 0.4) is 0 Å². The lowest BCUT2D eigenvalue weighted by molar-refractivity contribution is -0.129. The van der Waals surface area contributed by atoms with Gasteiger partial charge in [0.15, 0.2) is 0 Å². The van der Waals surface area contributed by atoms with Crippen molar-refractivity contribution < 1.29 is 4.79 Å². The van der Waals surface area contributed by atoms with E-state index >= 15 is 0 Å². The molecule has 0 aliphatic heterocycles. The molecule has 0 saturated heterocycles. The summed E-state index contributed by atoms with van der Waals surface area (Å²) >= 11 is 1.86. The van der Waals surface area contributed by atoms with Gasteiger partial charge in [-0.15, -0.1) is 11.3 Å². The van der Waals surface area contributed by atoms with Gasteiger partial charge >= 0.3 is 0 Å². The topological polar surface area (TPSA) is 20.3 Å². The summed E-state index contributed by atoms with van der Waals surface area (Å²) in [4.78, 5) is 16.4. The van der Waals surface area contributed by atoms with Crippen molar-refractivity contribution >= 4 is 17.2 Å². The highest BCUT2D eigenvalue weighted by atomic mass is 32.1. The van der Waals surface area contributed by atoms with Gasteiger partial charge in [-0.2, -0.15) is 0 Å². The van der Waals surface area contributed by atoms with Crippen LogP contribution in [0.2, 0.25) is 0 Å². The smallest absolute Gasteiger partial charge is 0.222 e. The van der Waals surface area contributed by atoms with Crippen LogP contribution in [-0.4, -0.2) is 24.9 Å². The monoisotopic (exact) mass is 267 g/mol. The number of amides is 1. The van der Waals surface area contributed by atoms with Gasteiger partial charge in [0.25, 0.3) is 0 Å². The molecule has 0 aliphatic carbocycles. The van der Waals surface area contributed by atoms with E-state index in [2.05, 4.69) is 39.8 Å². The van der Waals surface area contributed by atoms with Gasteiger partial charge in [0.05, 0.1) is 0 Å². The average molecular weight is 267 g/mol. The Hall–Kier alpha value is -0.830. The summed E-state index contributed by atoms with van der Waals surface area (Å²) < 4.78 is 0. The Morgan fingerprint density at radius 3 is 2.11 bits per heavy atom.